The number of carbonyl (C=O) groups excluding carboxylic acids is 3. The molecular formula is C29H32O8. The summed E-state index contributed by atoms with van der Waals surface area (Å²) in [5, 5.41) is 23.9. The van der Waals surface area contributed by atoms with Crippen LogP contribution in [0.3, 0.4) is 0 Å². The molecule has 0 amide bonds. The summed E-state index contributed by atoms with van der Waals surface area (Å²) >= 11 is 0. The lowest BCUT2D eigenvalue weighted by Gasteiger charge is -2.83. The van der Waals surface area contributed by atoms with E-state index in [1.165, 1.54) is 7.11 Å². The van der Waals surface area contributed by atoms with E-state index in [2.05, 4.69) is 6.58 Å². The molecule has 2 N–H and O–H groups in total. The van der Waals surface area contributed by atoms with Crippen LogP contribution in [0.4, 0.5) is 0 Å². The van der Waals surface area contributed by atoms with Gasteiger partial charge in [0.15, 0.2) is 11.4 Å². The number of hydrogen-bond donors (Lipinski definition) is 2. The molecule has 9 atom stereocenters. The van der Waals surface area contributed by atoms with Gasteiger partial charge in [-0.15, -0.1) is 0 Å². The molecule has 8 rings (SSSR count). The van der Waals surface area contributed by atoms with Gasteiger partial charge in [0.25, 0.3) is 0 Å². The maximum Gasteiger partial charge on any atom is 0.339 e. The molecule has 2 spiro atoms. The van der Waals surface area contributed by atoms with Crippen LogP contribution in [0.2, 0.25) is 0 Å². The van der Waals surface area contributed by atoms with Gasteiger partial charge in [0.2, 0.25) is 5.79 Å². The Morgan fingerprint density at radius 1 is 1.14 bits per heavy atom. The summed E-state index contributed by atoms with van der Waals surface area (Å²) in [6, 6.07) is 6.40. The number of methoxy groups -OCH3 is 1. The molecule has 9 unspecified atom stereocenters. The fourth-order valence-electron chi connectivity index (χ4n) is 9.85. The Balaban J connectivity index is 1.33. The van der Waals surface area contributed by atoms with Crippen LogP contribution in [0.1, 0.15) is 49.9 Å². The van der Waals surface area contributed by atoms with Gasteiger partial charge < -0.3 is 24.4 Å². The monoisotopic (exact) mass is 508 g/mol. The first-order chi connectivity index (χ1) is 17.4. The quantitative estimate of drug-likeness (QED) is 0.472. The van der Waals surface area contributed by atoms with E-state index in [0.29, 0.717) is 37.0 Å². The third-order valence-electron chi connectivity index (χ3n) is 11.2. The molecule has 7 aliphatic rings. The first-order valence-corrected chi connectivity index (χ1v) is 13.1. The predicted octanol–water partition coefficient (Wildman–Crippen LogP) is 2.46. The van der Waals surface area contributed by atoms with Crippen LogP contribution in [0.15, 0.2) is 36.4 Å². The van der Waals surface area contributed by atoms with E-state index in [0.717, 1.165) is 0 Å². The number of benzene rings is 1. The molecule has 8 nitrogen and oxygen atoms in total. The molecule has 5 aliphatic carbocycles. The van der Waals surface area contributed by atoms with Gasteiger partial charge in [0.1, 0.15) is 23.1 Å². The van der Waals surface area contributed by atoms with Crippen LogP contribution in [0.25, 0.3) is 0 Å². The van der Waals surface area contributed by atoms with Crippen LogP contribution in [-0.4, -0.2) is 59.0 Å². The largest absolute Gasteiger partial charge is 0.497 e. The minimum Gasteiger partial charge on any atom is -0.497 e. The lowest BCUT2D eigenvalue weighted by atomic mass is 9.21. The summed E-state index contributed by atoms with van der Waals surface area (Å²) < 4.78 is 17.1. The van der Waals surface area contributed by atoms with E-state index < -0.39 is 63.2 Å². The van der Waals surface area contributed by atoms with E-state index in [1.54, 1.807) is 24.3 Å². The first kappa shape index (κ1) is 23.6. The van der Waals surface area contributed by atoms with Crippen LogP contribution in [0, 0.1) is 39.9 Å². The molecule has 1 aromatic rings. The van der Waals surface area contributed by atoms with Gasteiger partial charge in [-0.2, -0.15) is 0 Å². The van der Waals surface area contributed by atoms with Crippen molar-refractivity contribution in [1.82, 2.24) is 0 Å². The summed E-state index contributed by atoms with van der Waals surface area (Å²) in [5.41, 5.74) is -3.80. The van der Waals surface area contributed by atoms with E-state index in [-0.39, 0.29) is 23.9 Å². The number of Topliss-reactive ketones (excluding diaryl/α,β-unsaturated/α-hetero) is 2. The van der Waals surface area contributed by atoms with Gasteiger partial charge in [-0.25, -0.2) is 4.79 Å². The summed E-state index contributed by atoms with van der Waals surface area (Å²) in [7, 11) is 1.53. The second-order valence-electron chi connectivity index (χ2n) is 12.7. The third kappa shape index (κ3) is 2.17. The average Bonchev–Trinajstić information content (AvgIpc) is 2.89. The zero-order chi connectivity index (χ0) is 26.3. The van der Waals surface area contributed by atoms with Gasteiger partial charge in [-0.3, -0.25) is 9.59 Å². The lowest BCUT2D eigenvalue weighted by Crippen LogP contribution is -2.96. The molecule has 1 aromatic carbocycles. The first-order valence-electron chi connectivity index (χ1n) is 13.1. The van der Waals surface area contributed by atoms with Gasteiger partial charge in [-0.05, 0) is 66.4 Å². The molecule has 0 aromatic heterocycles. The van der Waals surface area contributed by atoms with Crippen molar-refractivity contribution in [2.24, 2.45) is 39.9 Å². The standard InChI is InChI=1S/C29H32O8/c1-14-17-9-10-18-26-13-36-29(34,22(31)21(26)25(2,3)12-11-19(26)30)27(18)20(17)28(14,24(27)33)37-23(32)15-5-7-16(35-4)8-6-15/h5-8,17-18,20-22,31,34H,1,9-13H2,2-4H3. The number of aliphatic hydroxyl groups excluding tert-OH is 1. The minimum atomic E-state index is -2.16. The molecule has 7 fully saturated rings. The van der Waals surface area contributed by atoms with Gasteiger partial charge >= 0.3 is 5.97 Å². The summed E-state index contributed by atoms with van der Waals surface area (Å²) in [6.45, 7) is 8.18. The Hall–Kier alpha value is -2.55. The van der Waals surface area contributed by atoms with Crippen molar-refractivity contribution < 1.29 is 38.8 Å². The van der Waals surface area contributed by atoms with Crippen molar-refractivity contribution in [2.75, 3.05) is 13.7 Å². The average molecular weight is 509 g/mol. The minimum absolute atomic E-state index is 0.000808. The Morgan fingerprint density at radius 2 is 1.84 bits per heavy atom. The number of carbonyl (C=O) groups is 3. The molecular weight excluding hydrogens is 476 g/mol. The normalized spacial score (nSPS) is 48.1. The molecule has 8 heteroatoms. The van der Waals surface area contributed by atoms with Crippen LogP contribution in [-0.2, 0) is 19.1 Å². The SMILES string of the molecule is C=C1C2CCC3C45COC(O)(C(O)C4C(C)(C)CCC5=O)C34C(=O)C1(OC(=O)c1ccc(OC)cc1)C24. The Morgan fingerprint density at radius 3 is 2.51 bits per heavy atom. The molecule has 2 heterocycles. The van der Waals surface area contributed by atoms with Gasteiger partial charge in [-0.1, -0.05) is 20.4 Å². The zero-order valence-corrected chi connectivity index (χ0v) is 21.3. The maximum atomic E-state index is 14.4. The Labute approximate surface area is 215 Å². The van der Waals surface area contributed by atoms with E-state index >= 15 is 0 Å². The third-order valence-corrected chi connectivity index (χ3v) is 11.2. The smallest absolute Gasteiger partial charge is 0.339 e. The summed E-state index contributed by atoms with van der Waals surface area (Å²) in [5.74, 6) is -4.53. The van der Waals surface area contributed by atoms with Crippen LogP contribution in [0.5, 0.6) is 5.75 Å². The number of rotatable bonds is 3. The van der Waals surface area contributed by atoms with Crippen molar-refractivity contribution in [2.45, 2.75) is 57.0 Å². The maximum absolute atomic E-state index is 14.4. The van der Waals surface area contributed by atoms with Gasteiger partial charge in [0.05, 0.1) is 24.7 Å². The number of ether oxygens (including phenoxy) is 3. The highest BCUT2D eigenvalue weighted by molar-refractivity contribution is 6.10. The van der Waals surface area contributed by atoms with Crippen molar-refractivity contribution in [3.8, 4) is 5.75 Å². The van der Waals surface area contributed by atoms with E-state index in [4.69, 9.17) is 14.2 Å². The highest BCUT2D eigenvalue weighted by Crippen LogP contribution is 2.85. The molecule has 2 aliphatic heterocycles. The zero-order valence-electron chi connectivity index (χ0n) is 21.3. The van der Waals surface area contributed by atoms with Crippen LogP contribution >= 0.6 is 0 Å². The number of ketones is 2. The highest BCUT2D eigenvalue weighted by atomic mass is 16.6. The van der Waals surface area contributed by atoms with Crippen molar-refractivity contribution in [3.63, 3.8) is 0 Å². The topological polar surface area (TPSA) is 119 Å². The fourth-order valence-corrected chi connectivity index (χ4v) is 9.85. The Kier molecular flexibility index (Phi) is 4.27. The van der Waals surface area contributed by atoms with Gasteiger partial charge in [0, 0.05) is 18.3 Å². The van der Waals surface area contributed by atoms with Crippen molar-refractivity contribution >= 4 is 17.5 Å². The van der Waals surface area contributed by atoms with E-state index in [9.17, 15) is 24.6 Å². The lowest BCUT2D eigenvalue weighted by molar-refractivity contribution is -0.465. The van der Waals surface area contributed by atoms with Crippen LogP contribution < -0.4 is 4.74 Å². The summed E-state index contributed by atoms with van der Waals surface area (Å²) in [4.78, 5) is 41.4. The predicted molar refractivity (Wildman–Crippen MR) is 128 cm³/mol. The Bertz CT molecular complexity index is 1280. The molecule has 0 radical (unpaired) electrons. The highest BCUT2D eigenvalue weighted by Gasteiger charge is 2.97. The number of esters is 1. The summed E-state index contributed by atoms with van der Waals surface area (Å²) in [6.07, 6.45) is 0.760. The van der Waals surface area contributed by atoms with Crippen molar-refractivity contribution in [3.05, 3.63) is 42.0 Å². The van der Waals surface area contributed by atoms with Crippen molar-refractivity contribution in [1.29, 1.82) is 0 Å². The number of fused-ring (bicyclic) bond motifs is 1. The molecule has 2 bridgehead atoms. The number of aliphatic hydroxyl groups is 2. The fraction of sp³-hybridized carbons (Fsp3) is 0.621. The molecule has 196 valence electrons. The molecule has 2 saturated heterocycles. The molecule has 37 heavy (non-hydrogen) atoms. The molecule has 5 saturated carbocycles. The second-order valence-corrected chi connectivity index (χ2v) is 12.7. The van der Waals surface area contributed by atoms with E-state index in [1.807, 2.05) is 13.8 Å². The number of hydrogen-bond acceptors (Lipinski definition) is 8. The second kappa shape index (κ2) is 6.71.